The van der Waals surface area contributed by atoms with Gasteiger partial charge in [0.1, 0.15) is 0 Å². The second-order valence-corrected chi connectivity index (χ2v) is 7.31. The molecule has 0 atom stereocenters. The molecule has 1 aromatic heterocycles. The predicted molar refractivity (Wildman–Crippen MR) is 73.4 cm³/mol. The van der Waals surface area contributed by atoms with Crippen molar-refractivity contribution in [3.8, 4) is 0 Å². The molecule has 5 heteroatoms. The largest absolute Gasteiger partial charge is 0.500 e. The van der Waals surface area contributed by atoms with Crippen LogP contribution in [0.5, 0.6) is 0 Å². The molecule has 0 aliphatic carbocycles. The third-order valence-electron chi connectivity index (χ3n) is 3.10. The minimum atomic E-state index is -2.36. The Bertz CT molecular complexity index is 309. The summed E-state index contributed by atoms with van der Waals surface area (Å²) < 4.78 is 16.2. The second kappa shape index (κ2) is 8.37. The van der Waals surface area contributed by atoms with E-state index in [0.717, 1.165) is 31.7 Å². The van der Waals surface area contributed by atoms with Crippen LogP contribution in [0.25, 0.3) is 0 Å². The summed E-state index contributed by atoms with van der Waals surface area (Å²) in [5, 5.41) is 0. The summed E-state index contributed by atoms with van der Waals surface area (Å²) >= 11 is 0. The average molecular weight is 269 g/mol. The molecule has 0 saturated carbocycles. The van der Waals surface area contributed by atoms with Gasteiger partial charge >= 0.3 is 8.80 Å². The summed E-state index contributed by atoms with van der Waals surface area (Å²) in [6, 6.07) is 4.98. The van der Waals surface area contributed by atoms with E-state index in [1.165, 1.54) is 5.56 Å². The first-order chi connectivity index (χ1) is 8.76. The van der Waals surface area contributed by atoms with E-state index in [1.807, 2.05) is 12.3 Å². The summed E-state index contributed by atoms with van der Waals surface area (Å²) in [4.78, 5) is 4.11. The van der Waals surface area contributed by atoms with Crippen LogP contribution in [-0.2, 0) is 19.7 Å². The van der Waals surface area contributed by atoms with E-state index in [1.54, 1.807) is 27.5 Å². The Morgan fingerprint density at radius 2 is 1.78 bits per heavy atom. The number of aromatic nitrogens is 1. The van der Waals surface area contributed by atoms with Gasteiger partial charge in [-0.05, 0) is 30.9 Å². The average Bonchev–Trinajstić information content (AvgIpc) is 2.45. The molecule has 0 unspecified atom stereocenters. The molecule has 0 amide bonds. The highest BCUT2D eigenvalue weighted by Gasteiger charge is 2.36. The maximum atomic E-state index is 5.39. The lowest BCUT2D eigenvalue weighted by Gasteiger charge is -2.24. The van der Waals surface area contributed by atoms with Crippen molar-refractivity contribution in [3.63, 3.8) is 0 Å². The van der Waals surface area contributed by atoms with Gasteiger partial charge in [0.2, 0.25) is 0 Å². The molecular weight excluding hydrogens is 246 g/mol. The van der Waals surface area contributed by atoms with E-state index >= 15 is 0 Å². The first-order valence-corrected chi connectivity index (χ1v) is 8.24. The number of aryl methyl sites for hydroxylation is 1. The smallest absolute Gasteiger partial charge is 0.377 e. The van der Waals surface area contributed by atoms with Crippen molar-refractivity contribution in [2.75, 3.05) is 21.3 Å². The lowest BCUT2D eigenvalue weighted by Crippen LogP contribution is -2.42. The Morgan fingerprint density at radius 3 is 2.33 bits per heavy atom. The highest BCUT2D eigenvalue weighted by Crippen LogP contribution is 2.17. The van der Waals surface area contributed by atoms with Gasteiger partial charge in [-0.15, -0.1) is 0 Å². The summed E-state index contributed by atoms with van der Waals surface area (Å²) in [7, 11) is 2.63. The molecule has 0 saturated heterocycles. The Labute approximate surface area is 111 Å². The fraction of sp³-hybridized carbons (Fsp3) is 0.615. The summed E-state index contributed by atoms with van der Waals surface area (Å²) in [6.45, 7) is 0. The minimum absolute atomic E-state index is 0.879. The molecule has 1 rings (SSSR count). The highest BCUT2D eigenvalue weighted by molar-refractivity contribution is 6.60. The Balaban J connectivity index is 2.18. The fourth-order valence-corrected chi connectivity index (χ4v) is 3.74. The quantitative estimate of drug-likeness (QED) is 0.510. The van der Waals surface area contributed by atoms with E-state index in [2.05, 4.69) is 11.1 Å². The van der Waals surface area contributed by atoms with Crippen molar-refractivity contribution < 1.29 is 13.3 Å². The number of hydrogen-bond donors (Lipinski definition) is 0. The van der Waals surface area contributed by atoms with Gasteiger partial charge in [-0.1, -0.05) is 12.5 Å². The van der Waals surface area contributed by atoms with Crippen LogP contribution in [0.1, 0.15) is 24.8 Å². The fourth-order valence-electron chi connectivity index (χ4n) is 1.95. The number of nitrogens with zero attached hydrogens (tertiary/aromatic N) is 1. The minimum Gasteiger partial charge on any atom is -0.377 e. The number of unbranched alkanes of at least 4 members (excludes halogenated alkanes) is 2. The molecule has 0 fully saturated rings. The molecule has 0 aliphatic rings. The van der Waals surface area contributed by atoms with Crippen LogP contribution in [0.3, 0.4) is 0 Å². The molecule has 0 spiro atoms. The molecule has 0 aromatic carbocycles. The van der Waals surface area contributed by atoms with Crippen molar-refractivity contribution in [3.05, 3.63) is 30.1 Å². The molecule has 0 aliphatic heterocycles. The monoisotopic (exact) mass is 269 g/mol. The topological polar surface area (TPSA) is 40.6 Å². The van der Waals surface area contributed by atoms with E-state index in [-0.39, 0.29) is 0 Å². The molecule has 0 radical (unpaired) electrons. The van der Waals surface area contributed by atoms with Gasteiger partial charge in [0.25, 0.3) is 0 Å². The van der Waals surface area contributed by atoms with Crippen LogP contribution in [0.4, 0.5) is 0 Å². The molecule has 0 N–H and O–H groups in total. The van der Waals surface area contributed by atoms with Gasteiger partial charge in [0.15, 0.2) is 0 Å². The molecule has 0 bridgehead atoms. The van der Waals surface area contributed by atoms with Gasteiger partial charge in [-0.25, -0.2) is 0 Å². The zero-order chi connectivity index (χ0) is 13.3. The zero-order valence-corrected chi connectivity index (χ0v) is 12.5. The van der Waals surface area contributed by atoms with Gasteiger partial charge in [-0.2, -0.15) is 0 Å². The first kappa shape index (κ1) is 15.3. The van der Waals surface area contributed by atoms with Crippen LogP contribution >= 0.6 is 0 Å². The number of hydrogen-bond acceptors (Lipinski definition) is 4. The van der Waals surface area contributed by atoms with Crippen molar-refractivity contribution in [2.45, 2.75) is 31.7 Å². The van der Waals surface area contributed by atoms with Crippen molar-refractivity contribution in [1.29, 1.82) is 0 Å². The SMILES string of the molecule is CO[Si](CCCCCc1cccnc1)(OC)OC. The maximum Gasteiger partial charge on any atom is 0.500 e. The predicted octanol–water partition coefficient (Wildman–Crippen LogP) is 2.67. The first-order valence-electron chi connectivity index (χ1n) is 6.30. The van der Waals surface area contributed by atoms with Crippen molar-refractivity contribution in [2.24, 2.45) is 0 Å². The normalized spacial score (nSPS) is 11.7. The molecule has 18 heavy (non-hydrogen) atoms. The summed E-state index contributed by atoms with van der Waals surface area (Å²) in [6.07, 6.45) is 8.20. The van der Waals surface area contributed by atoms with E-state index in [0.29, 0.717) is 0 Å². The zero-order valence-electron chi connectivity index (χ0n) is 11.5. The van der Waals surface area contributed by atoms with Gasteiger partial charge in [0, 0.05) is 39.8 Å². The van der Waals surface area contributed by atoms with E-state index in [9.17, 15) is 0 Å². The molecule has 102 valence electrons. The van der Waals surface area contributed by atoms with Crippen LogP contribution < -0.4 is 0 Å². The molecule has 1 aromatic rings. The Kier molecular flexibility index (Phi) is 7.11. The van der Waals surface area contributed by atoms with Crippen LogP contribution in [-0.4, -0.2) is 35.1 Å². The standard InChI is InChI=1S/C13H23NO3Si/c1-15-18(16-2,17-3)11-6-4-5-8-13-9-7-10-14-12-13/h7,9-10,12H,4-6,8,11H2,1-3H3. The van der Waals surface area contributed by atoms with Gasteiger partial charge in [-0.3, -0.25) is 4.98 Å². The van der Waals surface area contributed by atoms with Gasteiger partial charge in [0.05, 0.1) is 0 Å². The third-order valence-corrected chi connectivity index (χ3v) is 5.94. The lowest BCUT2D eigenvalue weighted by molar-refractivity contribution is 0.122. The molecule has 4 nitrogen and oxygen atoms in total. The highest BCUT2D eigenvalue weighted by atomic mass is 28.4. The number of rotatable bonds is 9. The van der Waals surface area contributed by atoms with Crippen LogP contribution in [0, 0.1) is 0 Å². The molecular formula is C13H23NO3Si. The lowest BCUT2D eigenvalue weighted by atomic mass is 10.1. The van der Waals surface area contributed by atoms with Crippen LogP contribution in [0.15, 0.2) is 24.5 Å². The van der Waals surface area contributed by atoms with Crippen molar-refractivity contribution >= 4 is 8.80 Å². The summed E-state index contributed by atoms with van der Waals surface area (Å²) in [5.41, 5.74) is 1.30. The van der Waals surface area contributed by atoms with Crippen molar-refractivity contribution in [1.82, 2.24) is 4.98 Å². The van der Waals surface area contributed by atoms with E-state index in [4.69, 9.17) is 13.3 Å². The van der Waals surface area contributed by atoms with E-state index < -0.39 is 8.80 Å². The number of pyridine rings is 1. The third kappa shape index (κ3) is 4.86. The molecule has 1 heterocycles. The van der Waals surface area contributed by atoms with Gasteiger partial charge < -0.3 is 13.3 Å². The Hall–Kier alpha value is -0.753. The maximum absolute atomic E-state index is 5.39. The summed E-state index contributed by atoms with van der Waals surface area (Å²) in [5.74, 6) is 0. The second-order valence-electron chi connectivity index (χ2n) is 4.22. The van der Waals surface area contributed by atoms with Crippen LogP contribution in [0.2, 0.25) is 6.04 Å². The Morgan fingerprint density at radius 1 is 1.06 bits per heavy atom.